The molecule has 0 bridgehead atoms. The Balaban J connectivity index is 1.38. The fourth-order valence-electron chi connectivity index (χ4n) is 3.75. The molecule has 1 N–H and O–H groups in total. The first kappa shape index (κ1) is 22.0. The summed E-state index contributed by atoms with van der Waals surface area (Å²) < 4.78 is 37.5. The summed E-state index contributed by atoms with van der Waals surface area (Å²) in [5, 5.41) is 3.87. The second-order valence-corrected chi connectivity index (χ2v) is 9.52. The minimum atomic E-state index is -3.58. The number of carbonyl (C=O) groups is 1. The Morgan fingerprint density at radius 2 is 1.62 bits per heavy atom. The van der Waals surface area contributed by atoms with Gasteiger partial charge >= 0.3 is 0 Å². The normalized spacial score (nSPS) is 15.4. The van der Waals surface area contributed by atoms with E-state index in [0.717, 1.165) is 11.1 Å². The number of amides is 1. The van der Waals surface area contributed by atoms with Crippen LogP contribution in [0.25, 0.3) is 10.9 Å². The lowest BCUT2D eigenvalue weighted by Gasteiger charge is -2.31. The molecule has 1 aromatic heterocycles. The summed E-state index contributed by atoms with van der Waals surface area (Å²) in [4.78, 5) is 17.4. The van der Waals surface area contributed by atoms with E-state index in [9.17, 15) is 13.2 Å². The number of carbonyl (C=O) groups excluding carboxylic acids is 1. The van der Waals surface area contributed by atoms with Crippen LogP contribution in [0.4, 0.5) is 0 Å². The van der Waals surface area contributed by atoms with Gasteiger partial charge in [-0.1, -0.05) is 6.07 Å². The molecule has 4 rings (SSSR count). The number of aromatic nitrogens is 1. The van der Waals surface area contributed by atoms with Gasteiger partial charge < -0.3 is 14.8 Å². The van der Waals surface area contributed by atoms with E-state index in [1.807, 2.05) is 18.2 Å². The standard InChI is InChI=1S/C23H25N3O5S/c1-30-18-4-7-20(8-5-18)32(28,29)26-13-11-17(12-14-26)24-23(27)22-9-3-16-15-19(31-2)6-10-21(16)25-22/h3-10,15,17H,11-14H2,1-2H3,(H,24,27). The zero-order chi connectivity index (χ0) is 22.7. The van der Waals surface area contributed by atoms with E-state index in [-0.39, 0.29) is 16.8 Å². The van der Waals surface area contributed by atoms with E-state index in [2.05, 4.69) is 10.3 Å². The van der Waals surface area contributed by atoms with Gasteiger partial charge in [0, 0.05) is 24.5 Å². The van der Waals surface area contributed by atoms with E-state index >= 15 is 0 Å². The van der Waals surface area contributed by atoms with E-state index in [1.54, 1.807) is 43.5 Å². The first-order valence-electron chi connectivity index (χ1n) is 10.3. The zero-order valence-corrected chi connectivity index (χ0v) is 18.8. The Bertz CT molecular complexity index is 1220. The van der Waals surface area contributed by atoms with Crippen molar-refractivity contribution in [2.75, 3.05) is 27.3 Å². The van der Waals surface area contributed by atoms with Crippen molar-refractivity contribution in [3.63, 3.8) is 0 Å². The van der Waals surface area contributed by atoms with Crippen LogP contribution in [0, 0.1) is 0 Å². The average molecular weight is 456 g/mol. The molecule has 0 saturated carbocycles. The minimum absolute atomic E-state index is 0.113. The van der Waals surface area contributed by atoms with Gasteiger partial charge in [0.05, 0.1) is 24.6 Å². The molecule has 2 aromatic carbocycles. The molecular weight excluding hydrogens is 430 g/mol. The first-order chi connectivity index (χ1) is 15.4. The highest BCUT2D eigenvalue weighted by molar-refractivity contribution is 7.89. The predicted molar refractivity (Wildman–Crippen MR) is 121 cm³/mol. The third kappa shape index (κ3) is 4.53. The van der Waals surface area contributed by atoms with Crippen LogP contribution in [-0.2, 0) is 10.0 Å². The van der Waals surface area contributed by atoms with Crippen LogP contribution in [0.2, 0.25) is 0 Å². The molecule has 9 heteroatoms. The molecule has 1 saturated heterocycles. The van der Waals surface area contributed by atoms with Gasteiger partial charge in [0.1, 0.15) is 17.2 Å². The predicted octanol–water partition coefficient (Wildman–Crippen LogP) is 2.84. The maximum Gasteiger partial charge on any atom is 0.270 e. The van der Waals surface area contributed by atoms with Crippen LogP contribution in [0.3, 0.4) is 0 Å². The number of hydrogen-bond donors (Lipinski definition) is 1. The molecule has 32 heavy (non-hydrogen) atoms. The summed E-state index contributed by atoms with van der Waals surface area (Å²) in [5.74, 6) is 1.07. The van der Waals surface area contributed by atoms with Crippen LogP contribution in [0.5, 0.6) is 11.5 Å². The van der Waals surface area contributed by atoms with Crippen molar-refractivity contribution in [3.8, 4) is 11.5 Å². The van der Waals surface area contributed by atoms with Crippen LogP contribution < -0.4 is 14.8 Å². The fourth-order valence-corrected chi connectivity index (χ4v) is 5.22. The van der Waals surface area contributed by atoms with Crippen molar-refractivity contribution in [1.82, 2.24) is 14.6 Å². The molecule has 1 fully saturated rings. The van der Waals surface area contributed by atoms with Gasteiger partial charge in [-0.25, -0.2) is 13.4 Å². The number of ether oxygens (including phenoxy) is 2. The summed E-state index contributed by atoms with van der Waals surface area (Å²) in [6.07, 6.45) is 1.07. The highest BCUT2D eigenvalue weighted by Crippen LogP contribution is 2.23. The number of piperidine rings is 1. The highest BCUT2D eigenvalue weighted by Gasteiger charge is 2.30. The maximum atomic E-state index is 12.9. The molecule has 3 aromatic rings. The van der Waals surface area contributed by atoms with Gasteiger partial charge in [0.15, 0.2) is 0 Å². The van der Waals surface area contributed by atoms with E-state index < -0.39 is 10.0 Å². The summed E-state index contributed by atoms with van der Waals surface area (Å²) in [6, 6.07) is 15.2. The second kappa shape index (κ2) is 9.13. The van der Waals surface area contributed by atoms with Crippen molar-refractivity contribution in [2.24, 2.45) is 0 Å². The number of nitrogens with zero attached hydrogens (tertiary/aromatic N) is 2. The maximum absolute atomic E-state index is 12.9. The number of hydrogen-bond acceptors (Lipinski definition) is 6. The molecule has 0 unspecified atom stereocenters. The molecular formula is C23H25N3O5S. The number of benzene rings is 2. The SMILES string of the molecule is COc1ccc(S(=O)(=O)N2CCC(NC(=O)c3ccc4cc(OC)ccc4n3)CC2)cc1. The Labute approximate surface area is 187 Å². The van der Waals surface area contributed by atoms with Crippen molar-refractivity contribution in [2.45, 2.75) is 23.8 Å². The van der Waals surface area contributed by atoms with Crippen molar-refractivity contribution in [3.05, 3.63) is 60.3 Å². The van der Waals surface area contributed by atoms with Crippen LogP contribution in [-0.4, -0.2) is 57.0 Å². The van der Waals surface area contributed by atoms with Crippen LogP contribution in [0.1, 0.15) is 23.3 Å². The molecule has 0 radical (unpaired) electrons. The number of sulfonamides is 1. The van der Waals surface area contributed by atoms with Gasteiger partial charge in [-0.15, -0.1) is 0 Å². The van der Waals surface area contributed by atoms with Crippen LogP contribution in [0.15, 0.2) is 59.5 Å². The number of rotatable bonds is 6. The smallest absolute Gasteiger partial charge is 0.270 e. The largest absolute Gasteiger partial charge is 0.497 e. The van der Waals surface area contributed by atoms with Crippen LogP contribution >= 0.6 is 0 Å². The lowest BCUT2D eigenvalue weighted by atomic mass is 10.1. The molecule has 1 aliphatic rings. The number of nitrogens with one attached hydrogen (secondary N) is 1. The third-order valence-electron chi connectivity index (χ3n) is 5.62. The number of fused-ring (bicyclic) bond motifs is 1. The molecule has 0 atom stereocenters. The molecule has 2 heterocycles. The quantitative estimate of drug-likeness (QED) is 0.614. The highest BCUT2D eigenvalue weighted by atomic mass is 32.2. The molecule has 0 aliphatic carbocycles. The van der Waals surface area contributed by atoms with Gasteiger partial charge in [0.25, 0.3) is 5.91 Å². The summed E-state index contributed by atoms with van der Waals surface area (Å²) in [5.41, 5.74) is 1.04. The monoisotopic (exact) mass is 455 g/mol. The lowest BCUT2D eigenvalue weighted by molar-refractivity contribution is 0.0919. The summed E-state index contributed by atoms with van der Waals surface area (Å²) >= 11 is 0. The van der Waals surface area contributed by atoms with Gasteiger partial charge in [-0.3, -0.25) is 4.79 Å². The van der Waals surface area contributed by atoms with Crippen molar-refractivity contribution >= 4 is 26.8 Å². The molecule has 1 amide bonds. The molecule has 0 spiro atoms. The Kier molecular flexibility index (Phi) is 6.29. The Hall–Kier alpha value is -3.17. The number of pyridine rings is 1. The number of methoxy groups -OCH3 is 2. The third-order valence-corrected chi connectivity index (χ3v) is 7.53. The molecule has 168 valence electrons. The van der Waals surface area contributed by atoms with E-state index in [0.29, 0.717) is 42.9 Å². The second-order valence-electron chi connectivity index (χ2n) is 7.58. The van der Waals surface area contributed by atoms with E-state index in [4.69, 9.17) is 9.47 Å². The molecule has 8 nitrogen and oxygen atoms in total. The lowest BCUT2D eigenvalue weighted by Crippen LogP contribution is -2.46. The first-order valence-corrected chi connectivity index (χ1v) is 11.7. The topological polar surface area (TPSA) is 97.8 Å². The van der Waals surface area contributed by atoms with Crippen molar-refractivity contribution < 1.29 is 22.7 Å². The Morgan fingerprint density at radius 1 is 0.969 bits per heavy atom. The van der Waals surface area contributed by atoms with E-state index in [1.165, 1.54) is 11.4 Å². The van der Waals surface area contributed by atoms with Gasteiger partial charge in [-0.2, -0.15) is 4.31 Å². The average Bonchev–Trinajstić information content (AvgIpc) is 2.83. The zero-order valence-electron chi connectivity index (χ0n) is 17.9. The minimum Gasteiger partial charge on any atom is -0.497 e. The summed E-state index contributed by atoms with van der Waals surface area (Å²) in [6.45, 7) is 0.675. The summed E-state index contributed by atoms with van der Waals surface area (Å²) in [7, 11) is -0.443. The molecule has 1 aliphatic heterocycles. The van der Waals surface area contributed by atoms with Gasteiger partial charge in [0.2, 0.25) is 10.0 Å². The fraction of sp³-hybridized carbons (Fsp3) is 0.304. The van der Waals surface area contributed by atoms with Crippen molar-refractivity contribution in [1.29, 1.82) is 0 Å². The Morgan fingerprint density at radius 3 is 2.28 bits per heavy atom. The van der Waals surface area contributed by atoms with Gasteiger partial charge in [-0.05, 0) is 61.4 Å².